The van der Waals surface area contributed by atoms with Gasteiger partial charge >= 0.3 is 5.97 Å². The predicted molar refractivity (Wildman–Crippen MR) is 98.2 cm³/mol. The highest BCUT2D eigenvalue weighted by Gasteiger charge is 2.21. The highest BCUT2D eigenvalue weighted by molar-refractivity contribution is 7.19. The Labute approximate surface area is 154 Å². The Hall–Kier alpha value is -2.48. The molecule has 3 heterocycles. The van der Waals surface area contributed by atoms with Gasteiger partial charge in [0.2, 0.25) is 0 Å². The number of nitrogens with two attached hydrogens (primary N) is 1. The summed E-state index contributed by atoms with van der Waals surface area (Å²) >= 11 is 1.68. The number of carbonyl (C=O) groups excluding carboxylic acids is 1. The molecule has 0 atom stereocenters. The third kappa shape index (κ3) is 2.94. The Bertz CT molecular complexity index is 973. The molecule has 26 heavy (non-hydrogen) atoms. The second kappa shape index (κ2) is 6.68. The first-order valence-corrected chi connectivity index (χ1v) is 9.53. The summed E-state index contributed by atoms with van der Waals surface area (Å²) in [6.07, 6.45) is 5.74. The first kappa shape index (κ1) is 17.0. The quantitative estimate of drug-likeness (QED) is 0.554. The first-order chi connectivity index (χ1) is 12.5. The van der Waals surface area contributed by atoms with Gasteiger partial charge in [-0.05, 0) is 45.1 Å². The maximum Gasteiger partial charge on any atom is 0.344 e. The predicted octanol–water partition coefficient (Wildman–Crippen LogP) is 3.50. The van der Waals surface area contributed by atoms with E-state index in [4.69, 9.17) is 15.0 Å². The lowest BCUT2D eigenvalue weighted by Crippen LogP contribution is -2.10. The average Bonchev–Trinajstić information content (AvgIpc) is 3.03. The number of rotatable bonds is 3. The number of nitrogens with zero attached hydrogens (tertiary/aromatic N) is 3. The van der Waals surface area contributed by atoms with E-state index in [2.05, 4.69) is 15.1 Å². The molecule has 0 amide bonds. The van der Waals surface area contributed by atoms with E-state index in [-0.39, 0.29) is 6.61 Å². The largest absolute Gasteiger partial charge is 0.454 e. The van der Waals surface area contributed by atoms with Crippen LogP contribution in [-0.4, -0.2) is 21.1 Å². The van der Waals surface area contributed by atoms with E-state index in [1.165, 1.54) is 29.7 Å². The van der Waals surface area contributed by atoms with Crippen LogP contribution >= 0.6 is 11.3 Å². The normalized spacial score (nSPS) is 14.2. The van der Waals surface area contributed by atoms with Gasteiger partial charge in [-0.1, -0.05) is 11.6 Å². The number of nitrogen functional groups attached to an aromatic ring is 1. The molecule has 0 saturated carbocycles. The number of esters is 1. The fourth-order valence-electron chi connectivity index (χ4n) is 3.45. The SMILES string of the molecule is Cc1noc(C)c1C(=O)OCc1nc(N)c2c3c(sc2n1)CCCCC3. The van der Waals surface area contributed by atoms with Gasteiger partial charge in [-0.15, -0.1) is 11.3 Å². The number of carbonyl (C=O) groups is 1. The standard InChI is InChI=1S/C18H20N4O3S/c1-9-14(10(2)25-22-9)18(23)24-8-13-20-16(19)15-11-6-4-3-5-7-12(11)26-17(15)21-13/h3-8H2,1-2H3,(H2,19,20,21). The van der Waals surface area contributed by atoms with E-state index in [0.717, 1.165) is 23.1 Å². The van der Waals surface area contributed by atoms with Crippen molar-refractivity contribution in [3.63, 3.8) is 0 Å². The van der Waals surface area contributed by atoms with Crippen molar-refractivity contribution < 1.29 is 14.1 Å². The van der Waals surface area contributed by atoms with Crippen LogP contribution in [0.3, 0.4) is 0 Å². The fourth-order valence-corrected chi connectivity index (χ4v) is 4.74. The summed E-state index contributed by atoms with van der Waals surface area (Å²) in [5, 5.41) is 4.75. The lowest BCUT2D eigenvalue weighted by atomic mass is 10.1. The number of fused-ring (bicyclic) bond motifs is 3. The van der Waals surface area contributed by atoms with E-state index < -0.39 is 5.97 Å². The lowest BCUT2D eigenvalue weighted by molar-refractivity contribution is 0.0460. The van der Waals surface area contributed by atoms with E-state index >= 15 is 0 Å². The van der Waals surface area contributed by atoms with E-state index in [9.17, 15) is 4.79 Å². The average molecular weight is 372 g/mol. The van der Waals surface area contributed by atoms with Crippen molar-refractivity contribution in [2.24, 2.45) is 0 Å². The zero-order valence-electron chi connectivity index (χ0n) is 14.8. The Morgan fingerprint density at radius 2 is 2.04 bits per heavy atom. The smallest absolute Gasteiger partial charge is 0.344 e. The molecule has 1 aliphatic rings. The molecule has 7 nitrogen and oxygen atoms in total. The molecule has 0 fully saturated rings. The van der Waals surface area contributed by atoms with Crippen LogP contribution in [0, 0.1) is 13.8 Å². The lowest BCUT2D eigenvalue weighted by Gasteiger charge is -2.06. The molecule has 0 unspecified atom stereocenters. The van der Waals surface area contributed by atoms with E-state index in [0.29, 0.717) is 28.7 Å². The number of aryl methyl sites for hydroxylation is 4. The number of aromatic nitrogens is 3. The molecule has 2 N–H and O–H groups in total. The molecule has 8 heteroatoms. The van der Waals surface area contributed by atoms with Gasteiger partial charge in [0.25, 0.3) is 0 Å². The molecule has 0 saturated heterocycles. The molecule has 1 aliphatic carbocycles. The van der Waals surface area contributed by atoms with Gasteiger partial charge in [-0.3, -0.25) is 0 Å². The maximum atomic E-state index is 12.3. The second-order valence-electron chi connectivity index (χ2n) is 6.54. The fraction of sp³-hybridized carbons (Fsp3) is 0.444. The minimum atomic E-state index is -0.495. The summed E-state index contributed by atoms with van der Waals surface area (Å²) in [6, 6.07) is 0. The third-order valence-corrected chi connectivity index (χ3v) is 5.89. The minimum Gasteiger partial charge on any atom is -0.454 e. The van der Waals surface area contributed by atoms with E-state index in [1.807, 2.05) is 0 Å². The first-order valence-electron chi connectivity index (χ1n) is 8.71. The number of hydrogen-bond acceptors (Lipinski definition) is 8. The van der Waals surface area contributed by atoms with Crippen LogP contribution in [0.25, 0.3) is 10.2 Å². The van der Waals surface area contributed by atoms with Gasteiger partial charge in [-0.2, -0.15) is 0 Å². The number of ether oxygens (including phenoxy) is 1. The van der Waals surface area contributed by atoms with E-state index in [1.54, 1.807) is 25.2 Å². The molecular weight excluding hydrogens is 352 g/mol. The van der Waals surface area contributed by atoms with Crippen molar-refractivity contribution in [3.8, 4) is 0 Å². The van der Waals surface area contributed by atoms with Crippen LogP contribution in [0.1, 0.15) is 57.3 Å². The summed E-state index contributed by atoms with van der Waals surface area (Å²) in [4.78, 5) is 23.5. The summed E-state index contributed by atoms with van der Waals surface area (Å²) in [6.45, 7) is 3.34. The molecule has 0 radical (unpaired) electrons. The van der Waals surface area contributed by atoms with Crippen molar-refractivity contribution in [1.82, 2.24) is 15.1 Å². The van der Waals surface area contributed by atoms with Crippen LogP contribution in [0.5, 0.6) is 0 Å². The van der Waals surface area contributed by atoms with Crippen LogP contribution in [0.2, 0.25) is 0 Å². The zero-order chi connectivity index (χ0) is 18.3. The zero-order valence-corrected chi connectivity index (χ0v) is 15.6. The van der Waals surface area contributed by atoms with Crippen molar-refractivity contribution in [1.29, 1.82) is 0 Å². The monoisotopic (exact) mass is 372 g/mol. The van der Waals surface area contributed by atoms with Crippen LogP contribution in [0.15, 0.2) is 4.52 Å². The molecule has 0 aromatic carbocycles. The second-order valence-corrected chi connectivity index (χ2v) is 7.63. The molecule has 3 aromatic heterocycles. The molecule has 136 valence electrons. The summed E-state index contributed by atoms with van der Waals surface area (Å²) < 4.78 is 10.3. The van der Waals surface area contributed by atoms with Gasteiger partial charge < -0.3 is 15.0 Å². The van der Waals surface area contributed by atoms with Crippen molar-refractivity contribution in [3.05, 3.63) is 33.3 Å². The molecule has 0 bridgehead atoms. The van der Waals surface area contributed by atoms with Crippen LogP contribution < -0.4 is 5.73 Å². The third-order valence-electron chi connectivity index (χ3n) is 4.71. The number of anilines is 1. The Morgan fingerprint density at radius 1 is 1.23 bits per heavy atom. The summed E-state index contributed by atoms with van der Waals surface area (Å²) in [5.74, 6) is 0.820. The van der Waals surface area contributed by atoms with Gasteiger partial charge in [0.05, 0.1) is 11.1 Å². The Balaban J connectivity index is 1.59. The minimum absolute atomic E-state index is 0.0361. The van der Waals surface area contributed by atoms with Crippen molar-refractivity contribution in [2.75, 3.05) is 5.73 Å². The van der Waals surface area contributed by atoms with Crippen molar-refractivity contribution in [2.45, 2.75) is 52.6 Å². The Morgan fingerprint density at radius 3 is 2.81 bits per heavy atom. The number of thiophene rings is 1. The molecule has 3 aromatic rings. The molecule has 0 aliphatic heterocycles. The van der Waals surface area contributed by atoms with Gasteiger partial charge in [0.15, 0.2) is 12.4 Å². The van der Waals surface area contributed by atoms with Crippen LogP contribution in [-0.2, 0) is 24.2 Å². The molecule has 4 rings (SSSR count). The topological polar surface area (TPSA) is 104 Å². The Kier molecular flexibility index (Phi) is 4.36. The maximum absolute atomic E-state index is 12.3. The molecule has 0 spiro atoms. The molecular formula is C18H20N4O3S. The van der Waals surface area contributed by atoms with Gasteiger partial charge in [0.1, 0.15) is 22.0 Å². The summed E-state index contributed by atoms with van der Waals surface area (Å²) in [7, 11) is 0. The van der Waals surface area contributed by atoms with Crippen LogP contribution in [0.4, 0.5) is 5.82 Å². The van der Waals surface area contributed by atoms with Gasteiger partial charge in [0, 0.05) is 4.88 Å². The highest BCUT2D eigenvalue weighted by Crippen LogP contribution is 2.37. The van der Waals surface area contributed by atoms with Crippen molar-refractivity contribution >= 4 is 33.3 Å². The number of hydrogen-bond donors (Lipinski definition) is 1. The van der Waals surface area contributed by atoms with Gasteiger partial charge in [-0.25, -0.2) is 14.8 Å². The summed E-state index contributed by atoms with van der Waals surface area (Å²) in [5.41, 5.74) is 8.37. The highest BCUT2D eigenvalue weighted by atomic mass is 32.1.